The maximum absolute atomic E-state index is 15.2. The van der Waals surface area contributed by atoms with Gasteiger partial charge in [-0.25, -0.2) is 14.8 Å². The summed E-state index contributed by atoms with van der Waals surface area (Å²) in [6.45, 7) is 12.8. The summed E-state index contributed by atoms with van der Waals surface area (Å²) in [5.74, 6) is 0.228. The second kappa shape index (κ2) is 15.6. The first-order chi connectivity index (χ1) is 28.1. The molecule has 8 rings (SSSR count). The Hall–Kier alpha value is -5.43. The Bertz CT molecular complexity index is 2670. The molecular formula is C45H47Cl2N7O5. The third kappa shape index (κ3) is 7.21. The summed E-state index contributed by atoms with van der Waals surface area (Å²) < 4.78 is 10.3. The SMILES string of the molecule is Cc1cc(OCCCc2c3n(c4c(-c5c(C)nc(CN6CCN(C)C(=O)C6)nc5C)c(Cl)ccc24)C(C)CN(c2cn(C)c4ccc(C(=O)O)cc24)C3=O)cc(C)c1Cl. The van der Waals surface area contributed by atoms with Crippen molar-refractivity contribution in [3.05, 3.63) is 104 Å². The molecule has 3 aromatic carbocycles. The minimum atomic E-state index is -1.03. The van der Waals surface area contributed by atoms with Crippen molar-refractivity contribution in [2.75, 3.05) is 44.7 Å². The van der Waals surface area contributed by atoms with Gasteiger partial charge in [0.2, 0.25) is 5.91 Å². The van der Waals surface area contributed by atoms with Crippen LogP contribution in [0, 0.1) is 27.7 Å². The molecule has 2 amide bonds. The Morgan fingerprint density at radius 3 is 2.32 bits per heavy atom. The normalized spacial score (nSPS) is 16.1. The van der Waals surface area contributed by atoms with Crippen molar-refractivity contribution >= 4 is 68.5 Å². The smallest absolute Gasteiger partial charge is 0.335 e. The lowest BCUT2D eigenvalue weighted by Gasteiger charge is -2.34. The van der Waals surface area contributed by atoms with E-state index in [-0.39, 0.29) is 23.4 Å². The van der Waals surface area contributed by atoms with Crippen LogP contribution in [0.25, 0.3) is 32.9 Å². The van der Waals surface area contributed by atoms with Crippen molar-refractivity contribution < 1.29 is 24.2 Å². The predicted octanol–water partition coefficient (Wildman–Crippen LogP) is 8.34. The Morgan fingerprint density at radius 2 is 1.64 bits per heavy atom. The number of carbonyl (C=O) groups excluding carboxylic acids is 2. The molecule has 59 heavy (non-hydrogen) atoms. The number of hydrogen-bond donors (Lipinski definition) is 1. The molecule has 12 nitrogen and oxygen atoms in total. The molecule has 0 aliphatic carbocycles. The number of ether oxygens (including phenoxy) is 1. The first-order valence-corrected chi connectivity index (χ1v) is 20.6. The lowest BCUT2D eigenvalue weighted by molar-refractivity contribution is -0.134. The highest BCUT2D eigenvalue weighted by Crippen LogP contribution is 2.45. The van der Waals surface area contributed by atoms with Gasteiger partial charge in [0.1, 0.15) is 17.3 Å². The largest absolute Gasteiger partial charge is 0.494 e. The van der Waals surface area contributed by atoms with Gasteiger partial charge in [-0.05, 0) is 101 Å². The Morgan fingerprint density at radius 1 is 0.932 bits per heavy atom. The number of nitrogens with zero attached hydrogens (tertiary/aromatic N) is 7. The van der Waals surface area contributed by atoms with Gasteiger partial charge in [0.25, 0.3) is 5.91 Å². The monoisotopic (exact) mass is 835 g/mol. The molecule has 2 aliphatic rings. The summed E-state index contributed by atoms with van der Waals surface area (Å²) in [5, 5.41) is 12.7. The average molecular weight is 837 g/mol. The molecule has 0 saturated carbocycles. The quantitative estimate of drug-likeness (QED) is 0.137. The zero-order chi connectivity index (χ0) is 42.0. The molecule has 0 bridgehead atoms. The maximum atomic E-state index is 15.2. The molecule has 1 fully saturated rings. The number of likely N-dealkylation sites (N-methyl/N-ethyl adjacent to an activating group) is 1. The van der Waals surface area contributed by atoms with E-state index in [1.165, 1.54) is 0 Å². The van der Waals surface area contributed by atoms with Crippen LogP contribution in [-0.4, -0.2) is 91.6 Å². The van der Waals surface area contributed by atoms with E-state index in [1.807, 2.05) is 76.8 Å². The van der Waals surface area contributed by atoms with Gasteiger partial charge < -0.3 is 28.8 Å². The van der Waals surface area contributed by atoms with Crippen molar-refractivity contribution in [2.45, 2.75) is 60.0 Å². The summed E-state index contributed by atoms with van der Waals surface area (Å²) >= 11 is 13.6. The fourth-order valence-corrected chi connectivity index (χ4v) is 9.24. The van der Waals surface area contributed by atoms with Gasteiger partial charge in [-0.3, -0.25) is 14.5 Å². The number of fused-ring (bicyclic) bond motifs is 4. The molecule has 5 heterocycles. The molecule has 2 aliphatic heterocycles. The third-order valence-electron chi connectivity index (χ3n) is 11.8. The minimum Gasteiger partial charge on any atom is -0.494 e. The van der Waals surface area contributed by atoms with E-state index < -0.39 is 5.97 Å². The van der Waals surface area contributed by atoms with E-state index in [9.17, 15) is 14.7 Å². The molecule has 1 N–H and O–H groups in total. The van der Waals surface area contributed by atoms with Crippen LogP contribution >= 0.6 is 23.2 Å². The van der Waals surface area contributed by atoms with Gasteiger partial charge >= 0.3 is 5.97 Å². The van der Waals surface area contributed by atoms with E-state index in [0.29, 0.717) is 73.2 Å². The fourth-order valence-electron chi connectivity index (χ4n) is 8.88. The van der Waals surface area contributed by atoms with E-state index in [4.69, 9.17) is 37.9 Å². The number of halogens is 2. The zero-order valence-corrected chi connectivity index (χ0v) is 35.8. The summed E-state index contributed by atoms with van der Waals surface area (Å²) in [7, 11) is 3.71. The topological polar surface area (TPSA) is 126 Å². The summed E-state index contributed by atoms with van der Waals surface area (Å²) in [4.78, 5) is 55.2. The number of rotatable bonds is 10. The van der Waals surface area contributed by atoms with Crippen molar-refractivity contribution in [1.82, 2.24) is 28.9 Å². The number of aromatic carboxylic acids is 1. The first-order valence-electron chi connectivity index (χ1n) is 19.8. The summed E-state index contributed by atoms with van der Waals surface area (Å²) in [5.41, 5.74) is 8.86. The summed E-state index contributed by atoms with van der Waals surface area (Å²) in [6, 6.07) is 12.6. The van der Waals surface area contributed by atoms with Gasteiger partial charge in [0.05, 0.1) is 41.5 Å². The van der Waals surface area contributed by atoms with Gasteiger partial charge in [-0.15, -0.1) is 0 Å². The first kappa shape index (κ1) is 40.4. The Kier molecular flexibility index (Phi) is 10.7. The number of aromatic nitrogens is 4. The number of piperazine rings is 1. The number of carboxylic acid groups (broad SMARTS) is 1. The van der Waals surface area contributed by atoms with Crippen LogP contribution in [0.4, 0.5) is 5.69 Å². The van der Waals surface area contributed by atoms with E-state index in [0.717, 1.165) is 72.9 Å². The molecule has 0 radical (unpaired) electrons. The molecule has 1 atom stereocenters. The number of aryl methyl sites for hydroxylation is 6. The van der Waals surface area contributed by atoms with Crippen LogP contribution in [0.3, 0.4) is 0 Å². The van der Waals surface area contributed by atoms with Crippen molar-refractivity contribution in [3.8, 4) is 16.9 Å². The van der Waals surface area contributed by atoms with Crippen molar-refractivity contribution in [3.63, 3.8) is 0 Å². The van der Waals surface area contributed by atoms with Crippen LogP contribution < -0.4 is 9.64 Å². The highest BCUT2D eigenvalue weighted by atomic mass is 35.5. The molecule has 306 valence electrons. The third-order valence-corrected chi connectivity index (χ3v) is 12.7. The second-order valence-corrected chi connectivity index (χ2v) is 16.8. The van der Waals surface area contributed by atoms with Gasteiger partial charge in [0.15, 0.2) is 0 Å². The lowest BCUT2D eigenvalue weighted by Crippen LogP contribution is -2.48. The minimum absolute atomic E-state index is 0.0722. The second-order valence-electron chi connectivity index (χ2n) is 16.0. The van der Waals surface area contributed by atoms with Gasteiger partial charge in [-0.2, -0.15) is 0 Å². The highest BCUT2D eigenvalue weighted by molar-refractivity contribution is 6.35. The van der Waals surface area contributed by atoms with E-state index in [1.54, 1.807) is 28.0 Å². The lowest BCUT2D eigenvalue weighted by atomic mass is 9.97. The number of anilines is 1. The number of benzene rings is 3. The molecular weight excluding hydrogens is 789 g/mol. The van der Waals surface area contributed by atoms with Gasteiger partial charge in [0, 0.05) is 89.8 Å². The number of amides is 2. The van der Waals surface area contributed by atoms with Crippen LogP contribution in [0.15, 0.2) is 48.7 Å². The molecule has 14 heteroatoms. The van der Waals surface area contributed by atoms with Crippen LogP contribution in [-0.2, 0) is 24.8 Å². The van der Waals surface area contributed by atoms with Crippen LogP contribution in [0.5, 0.6) is 5.75 Å². The number of carboxylic acids is 1. The molecule has 6 aromatic rings. The summed E-state index contributed by atoms with van der Waals surface area (Å²) in [6.07, 6.45) is 3.05. The van der Waals surface area contributed by atoms with Crippen molar-refractivity contribution in [1.29, 1.82) is 0 Å². The number of carbonyl (C=O) groups is 3. The van der Waals surface area contributed by atoms with Crippen molar-refractivity contribution in [2.24, 2.45) is 7.05 Å². The van der Waals surface area contributed by atoms with E-state index >= 15 is 4.79 Å². The molecule has 1 saturated heterocycles. The average Bonchev–Trinajstić information content (AvgIpc) is 3.70. The Labute approximate surface area is 352 Å². The standard InChI is InChI=1S/C45H47Cl2N7O5/c1-24-17-30(18-25(2)41(24)47)59-16-8-9-31-32-11-12-34(46)40(39-27(4)48-37(49-28(39)5)22-52-15-14-50(6)38(55)23-52)42(32)54-26(3)20-53(44(56)43(31)54)36-21-51(7)35-13-10-29(45(57)58)19-33(35)36/h10-13,17-19,21,26H,8-9,14-16,20,22-23H2,1-7H3,(H,57,58). The zero-order valence-electron chi connectivity index (χ0n) is 34.3. The van der Waals surface area contributed by atoms with Gasteiger partial charge in [-0.1, -0.05) is 29.3 Å². The predicted molar refractivity (Wildman–Crippen MR) is 231 cm³/mol. The fraction of sp³-hybridized carbons (Fsp3) is 0.356. The van der Waals surface area contributed by atoms with Crippen LogP contribution in [0.1, 0.15) is 74.1 Å². The van der Waals surface area contributed by atoms with E-state index in [2.05, 4.69) is 16.4 Å². The molecule has 1 unspecified atom stereocenters. The molecule has 3 aromatic heterocycles. The van der Waals surface area contributed by atoms with Crippen LogP contribution in [0.2, 0.25) is 10.0 Å². The highest BCUT2D eigenvalue weighted by Gasteiger charge is 2.38. The Balaban J connectivity index is 1.24. The molecule has 0 spiro atoms. The maximum Gasteiger partial charge on any atom is 0.335 e. The number of hydrogen-bond acceptors (Lipinski definition) is 7.